The first-order chi connectivity index (χ1) is 8.49. The third-order valence-electron chi connectivity index (χ3n) is 3.05. The van der Waals surface area contributed by atoms with Gasteiger partial charge in [0, 0.05) is 11.4 Å². The van der Waals surface area contributed by atoms with E-state index in [4.69, 9.17) is 5.73 Å². The van der Waals surface area contributed by atoms with Gasteiger partial charge in [0.25, 0.3) is 0 Å². The van der Waals surface area contributed by atoms with Gasteiger partial charge in [0.15, 0.2) is 9.84 Å². The van der Waals surface area contributed by atoms with Crippen molar-refractivity contribution in [1.29, 1.82) is 0 Å². The van der Waals surface area contributed by atoms with Gasteiger partial charge >= 0.3 is 0 Å². The Balaban J connectivity index is 2.10. The molecule has 1 atom stereocenters. The van der Waals surface area contributed by atoms with Crippen LogP contribution in [-0.4, -0.2) is 25.3 Å². The summed E-state index contributed by atoms with van der Waals surface area (Å²) in [5.41, 5.74) is 6.70. The van der Waals surface area contributed by atoms with Crippen molar-refractivity contribution in [3.8, 4) is 0 Å². The van der Waals surface area contributed by atoms with E-state index in [0.29, 0.717) is 24.2 Å². The highest BCUT2D eigenvalue weighted by Gasteiger charge is 2.34. The lowest BCUT2D eigenvalue weighted by atomic mass is 10.2. The summed E-state index contributed by atoms with van der Waals surface area (Å²) in [6.07, 6.45) is 1.83. The van der Waals surface area contributed by atoms with Gasteiger partial charge in [-0.1, -0.05) is 6.42 Å². The molecule has 1 aromatic carbocycles. The summed E-state index contributed by atoms with van der Waals surface area (Å²) in [5.74, 6) is -0.341. The number of sulfone groups is 1. The van der Waals surface area contributed by atoms with Gasteiger partial charge in [0.2, 0.25) is 5.91 Å². The first-order valence-corrected chi connectivity index (χ1v) is 7.58. The lowest BCUT2D eigenvalue weighted by Crippen LogP contribution is -2.39. The first-order valence-electron chi connectivity index (χ1n) is 5.87. The number of benzene rings is 1. The number of carbonyl (C=O) groups is 1. The second kappa shape index (κ2) is 4.97. The number of anilines is 2. The Kier molecular flexibility index (Phi) is 3.56. The molecule has 18 heavy (non-hydrogen) atoms. The van der Waals surface area contributed by atoms with Crippen LogP contribution < -0.4 is 11.1 Å². The molecule has 5 nitrogen and oxygen atoms in total. The van der Waals surface area contributed by atoms with Gasteiger partial charge in [-0.3, -0.25) is 4.79 Å². The zero-order chi connectivity index (χ0) is 13.2. The van der Waals surface area contributed by atoms with Crippen molar-refractivity contribution in [3.05, 3.63) is 24.3 Å². The minimum atomic E-state index is -3.29. The molecule has 1 saturated heterocycles. The average Bonchev–Trinajstić information content (AvgIpc) is 2.31. The van der Waals surface area contributed by atoms with Crippen LogP contribution in [0.1, 0.15) is 19.3 Å². The topological polar surface area (TPSA) is 89.3 Å². The second-order valence-corrected chi connectivity index (χ2v) is 6.77. The Labute approximate surface area is 106 Å². The molecule has 1 aliphatic rings. The van der Waals surface area contributed by atoms with E-state index in [-0.39, 0.29) is 5.75 Å². The molecule has 2 rings (SSSR count). The maximum atomic E-state index is 11.9. The molecule has 3 N–H and O–H groups in total. The molecule has 1 heterocycles. The highest BCUT2D eigenvalue weighted by atomic mass is 32.2. The summed E-state index contributed by atoms with van der Waals surface area (Å²) in [6, 6.07) is 6.63. The second-order valence-electron chi connectivity index (χ2n) is 4.46. The smallest absolute Gasteiger partial charge is 0.242 e. The van der Waals surface area contributed by atoms with E-state index in [2.05, 4.69) is 5.32 Å². The third kappa shape index (κ3) is 2.81. The standard InChI is InChI=1S/C12H16N2O3S/c13-9-4-6-10(7-5-9)14-12(15)11-3-1-2-8-18(11,16)17/h4-7,11H,1-3,8,13H2,(H,14,15). The number of nitrogens with one attached hydrogen (secondary N) is 1. The van der Waals surface area contributed by atoms with Gasteiger partial charge in [-0.05, 0) is 37.1 Å². The zero-order valence-corrected chi connectivity index (χ0v) is 10.7. The third-order valence-corrected chi connectivity index (χ3v) is 5.22. The quantitative estimate of drug-likeness (QED) is 0.788. The number of amides is 1. The van der Waals surface area contributed by atoms with Crippen LogP contribution in [0, 0.1) is 0 Å². The van der Waals surface area contributed by atoms with Crippen molar-refractivity contribution in [2.75, 3.05) is 16.8 Å². The van der Waals surface area contributed by atoms with Crippen LogP contribution in [0.25, 0.3) is 0 Å². The largest absolute Gasteiger partial charge is 0.399 e. The molecule has 6 heteroatoms. The maximum absolute atomic E-state index is 11.9. The first kappa shape index (κ1) is 12.9. The fourth-order valence-corrected chi connectivity index (χ4v) is 3.84. The van der Waals surface area contributed by atoms with Gasteiger partial charge in [0.1, 0.15) is 5.25 Å². The monoisotopic (exact) mass is 268 g/mol. The molecule has 1 aromatic rings. The minimum Gasteiger partial charge on any atom is -0.399 e. The normalized spacial score (nSPS) is 22.3. The van der Waals surface area contributed by atoms with E-state index in [9.17, 15) is 13.2 Å². The van der Waals surface area contributed by atoms with Gasteiger partial charge in [-0.2, -0.15) is 0 Å². The predicted octanol–water partition coefficient (Wildman–Crippen LogP) is 1.17. The van der Waals surface area contributed by atoms with E-state index < -0.39 is 21.0 Å². The van der Waals surface area contributed by atoms with Crippen molar-refractivity contribution < 1.29 is 13.2 Å². The molecule has 0 radical (unpaired) electrons. The number of hydrogen-bond acceptors (Lipinski definition) is 4. The molecule has 1 aliphatic heterocycles. The summed E-state index contributed by atoms with van der Waals surface area (Å²) in [4.78, 5) is 11.9. The summed E-state index contributed by atoms with van der Waals surface area (Å²) in [7, 11) is -3.29. The van der Waals surface area contributed by atoms with Crippen molar-refractivity contribution >= 4 is 27.1 Å². The van der Waals surface area contributed by atoms with Gasteiger partial charge in [0.05, 0.1) is 5.75 Å². The van der Waals surface area contributed by atoms with Crippen molar-refractivity contribution in [2.45, 2.75) is 24.5 Å². The van der Waals surface area contributed by atoms with E-state index in [0.717, 1.165) is 6.42 Å². The van der Waals surface area contributed by atoms with Gasteiger partial charge < -0.3 is 11.1 Å². The van der Waals surface area contributed by atoms with Crippen LogP contribution in [0.15, 0.2) is 24.3 Å². The number of nitrogens with two attached hydrogens (primary N) is 1. The van der Waals surface area contributed by atoms with Gasteiger partial charge in [-0.15, -0.1) is 0 Å². The molecular weight excluding hydrogens is 252 g/mol. The Bertz CT molecular complexity index is 537. The molecular formula is C12H16N2O3S. The molecule has 0 spiro atoms. The Morgan fingerprint density at radius 1 is 1.22 bits per heavy atom. The van der Waals surface area contributed by atoms with Crippen LogP contribution in [0.4, 0.5) is 11.4 Å². The van der Waals surface area contributed by atoms with Crippen molar-refractivity contribution in [1.82, 2.24) is 0 Å². The highest BCUT2D eigenvalue weighted by molar-refractivity contribution is 7.92. The summed E-state index contributed by atoms with van der Waals surface area (Å²) in [6.45, 7) is 0. The Hall–Kier alpha value is -1.56. The Morgan fingerprint density at radius 3 is 2.50 bits per heavy atom. The number of hydrogen-bond donors (Lipinski definition) is 2. The fraction of sp³-hybridized carbons (Fsp3) is 0.417. The lowest BCUT2D eigenvalue weighted by Gasteiger charge is -2.21. The lowest BCUT2D eigenvalue weighted by molar-refractivity contribution is -0.116. The fourth-order valence-electron chi connectivity index (χ4n) is 2.04. The maximum Gasteiger partial charge on any atom is 0.242 e. The average molecular weight is 268 g/mol. The Morgan fingerprint density at radius 2 is 1.89 bits per heavy atom. The molecule has 0 aromatic heterocycles. The molecule has 1 unspecified atom stereocenters. The van der Waals surface area contributed by atoms with E-state index >= 15 is 0 Å². The highest BCUT2D eigenvalue weighted by Crippen LogP contribution is 2.21. The molecule has 1 fully saturated rings. The molecule has 0 saturated carbocycles. The van der Waals surface area contributed by atoms with Crippen LogP contribution in [0.2, 0.25) is 0 Å². The van der Waals surface area contributed by atoms with Crippen molar-refractivity contribution in [2.24, 2.45) is 0 Å². The number of carbonyl (C=O) groups excluding carboxylic acids is 1. The molecule has 0 aliphatic carbocycles. The van der Waals surface area contributed by atoms with E-state index in [1.54, 1.807) is 24.3 Å². The number of nitrogen functional groups attached to an aromatic ring is 1. The van der Waals surface area contributed by atoms with Crippen molar-refractivity contribution in [3.63, 3.8) is 0 Å². The predicted molar refractivity (Wildman–Crippen MR) is 70.9 cm³/mol. The van der Waals surface area contributed by atoms with Crippen LogP contribution in [-0.2, 0) is 14.6 Å². The van der Waals surface area contributed by atoms with Crippen LogP contribution >= 0.6 is 0 Å². The summed E-state index contributed by atoms with van der Waals surface area (Å²) >= 11 is 0. The molecule has 1 amide bonds. The van der Waals surface area contributed by atoms with Crippen LogP contribution in [0.5, 0.6) is 0 Å². The summed E-state index contributed by atoms with van der Waals surface area (Å²) < 4.78 is 23.6. The zero-order valence-electron chi connectivity index (χ0n) is 9.93. The van der Waals surface area contributed by atoms with E-state index in [1.807, 2.05) is 0 Å². The van der Waals surface area contributed by atoms with Gasteiger partial charge in [-0.25, -0.2) is 8.42 Å². The number of rotatable bonds is 2. The minimum absolute atomic E-state index is 0.104. The SMILES string of the molecule is Nc1ccc(NC(=O)C2CCCCS2(=O)=O)cc1. The van der Waals surface area contributed by atoms with Crippen LogP contribution in [0.3, 0.4) is 0 Å². The van der Waals surface area contributed by atoms with E-state index in [1.165, 1.54) is 0 Å². The summed E-state index contributed by atoms with van der Waals surface area (Å²) in [5, 5.41) is 1.71. The molecule has 0 bridgehead atoms. The molecule has 98 valence electrons.